The Morgan fingerprint density at radius 1 is 1.03 bits per heavy atom. The van der Waals surface area contributed by atoms with Crippen LogP contribution >= 0.6 is 23.8 Å². The molecule has 0 atom stereocenters. The highest BCUT2D eigenvalue weighted by Crippen LogP contribution is 2.30. The first kappa shape index (κ1) is 28.2. The third-order valence-electron chi connectivity index (χ3n) is 5.31. The Labute approximate surface area is 225 Å². The van der Waals surface area contributed by atoms with Crippen molar-refractivity contribution in [1.82, 2.24) is 5.32 Å². The Bertz CT molecular complexity index is 1380. The van der Waals surface area contributed by atoms with Gasteiger partial charge in [0, 0.05) is 35.1 Å². The summed E-state index contributed by atoms with van der Waals surface area (Å²) in [4.78, 5) is 14.4. The van der Waals surface area contributed by atoms with Crippen LogP contribution in [-0.2, 0) is 10.0 Å². The van der Waals surface area contributed by atoms with Gasteiger partial charge in [0.05, 0.1) is 12.8 Å². The van der Waals surface area contributed by atoms with Gasteiger partial charge in [0.2, 0.25) is 0 Å². The van der Waals surface area contributed by atoms with Gasteiger partial charge in [0.25, 0.3) is 15.9 Å². The normalized spacial score (nSPS) is 10.9. The zero-order valence-corrected chi connectivity index (χ0v) is 22.7. The van der Waals surface area contributed by atoms with Crippen LogP contribution in [0.25, 0.3) is 0 Å². The van der Waals surface area contributed by atoms with E-state index in [0.717, 1.165) is 12.1 Å². The summed E-state index contributed by atoms with van der Waals surface area (Å²) in [7, 11) is -2.50. The molecule has 3 rings (SSSR count). The number of sulfonamides is 1. The van der Waals surface area contributed by atoms with E-state index in [9.17, 15) is 17.6 Å². The summed E-state index contributed by atoms with van der Waals surface area (Å²) in [5.41, 5.74) is 1.17. The number of carbonyl (C=O) groups is 1. The van der Waals surface area contributed by atoms with Gasteiger partial charge >= 0.3 is 0 Å². The molecule has 0 heterocycles. The van der Waals surface area contributed by atoms with E-state index in [4.69, 9.17) is 28.6 Å². The van der Waals surface area contributed by atoms with Crippen LogP contribution in [0.1, 0.15) is 24.2 Å². The number of anilines is 3. The van der Waals surface area contributed by atoms with Crippen molar-refractivity contribution in [2.75, 3.05) is 35.1 Å². The van der Waals surface area contributed by atoms with Crippen molar-refractivity contribution >= 4 is 61.9 Å². The number of thiocarbonyl (C=S) groups is 1. The summed E-state index contributed by atoms with van der Waals surface area (Å²) in [6.07, 6.45) is 0. The van der Waals surface area contributed by atoms with Crippen LogP contribution in [0.15, 0.2) is 65.6 Å². The molecule has 8 nitrogen and oxygen atoms in total. The molecule has 0 aliphatic rings. The van der Waals surface area contributed by atoms with Gasteiger partial charge in [-0.05, 0) is 86.7 Å². The lowest BCUT2D eigenvalue weighted by Crippen LogP contribution is -2.34. The minimum atomic E-state index is -4.02. The number of amides is 1. The number of rotatable bonds is 9. The maximum absolute atomic E-state index is 13.6. The second kappa shape index (κ2) is 12.2. The van der Waals surface area contributed by atoms with Crippen LogP contribution in [-0.4, -0.2) is 39.6 Å². The maximum Gasteiger partial charge on any atom is 0.264 e. The minimum Gasteiger partial charge on any atom is -0.497 e. The van der Waals surface area contributed by atoms with Crippen molar-refractivity contribution in [3.8, 4) is 5.75 Å². The number of hydrogen-bond acceptors (Lipinski definition) is 6. The van der Waals surface area contributed by atoms with Crippen molar-refractivity contribution in [3.05, 3.63) is 77.1 Å². The van der Waals surface area contributed by atoms with E-state index in [-0.39, 0.29) is 20.6 Å². The van der Waals surface area contributed by atoms with Gasteiger partial charge in [0.15, 0.2) is 5.11 Å². The standard InChI is InChI=1S/C25H26ClFN4O4S2/c1-4-31(5-2)22-11-8-20(28-25(36)29-24(32)16-12-17(26)14-18(27)13-16)15-23(22)37(33,34)30-19-6-9-21(35-3)10-7-19/h6-15,30H,4-5H2,1-3H3,(H2,28,29,32,36). The fourth-order valence-corrected chi connectivity index (χ4v) is 5.27. The molecule has 0 spiro atoms. The summed E-state index contributed by atoms with van der Waals surface area (Å²) in [6.45, 7) is 5.01. The molecule has 12 heteroatoms. The fourth-order valence-electron chi connectivity index (χ4n) is 3.52. The average Bonchev–Trinajstić information content (AvgIpc) is 2.85. The van der Waals surface area contributed by atoms with E-state index in [2.05, 4.69) is 15.4 Å². The van der Waals surface area contributed by atoms with Gasteiger partial charge in [0.1, 0.15) is 16.5 Å². The second-order valence-corrected chi connectivity index (χ2v) is 10.3. The highest BCUT2D eigenvalue weighted by atomic mass is 35.5. The monoisotopic (exact) mass is 564 g/mol. The number of benzene rings is 3. The molecule has 3 aromatic rings. The molecule has 0 aliphatic heterocycles. The predicted octanol–water partition coefficient (Wildman–Crippen LogP) is 5.26. The predicted molar refractivity (Wildman–Crippen MR) is 149 cm³/mol. The Morgan fingerprint density at radius 3 is 2.27 bits per heavy atom. The van der Waals surface area contributed by atoms with E-state index >= 15 is 0 Å². The third-order valence-corrected chi connectivity index (χ3v) is 7.14. The van der Waals surface area contributed by atoms with Gasteiger partial charge in [-0.25, -0.2) is 12.8 Å². The number of nitrogens with one attached hydrogen (secondary N) is 3. The van der Waals surface area contributed by atoms with Crippen LogP contribution in [0.4, 0.5) is 21.5 Å². The van der Waals surface area contributed by atoms with E-state index < -0.39 is 21.7 Å². The van der Waals surface area contributed by atoms with E-state index in [1.54, 1.807) is 36.4 Å². The van der Waals surface area contributed by atoms with Crippen LogP contribution in [0.3, 0.4) is 0 Å². The number of methoxy groups -OCH3 is 1. The number of carbonyl (C=O) groups excluding carboxylic acids is 1. The molecule has 0 radical (unpaired) electrons. The highest BCUT2D eigenvalue weighted by Gasteiger charge is 2.23. The first-order valence-corrected chi connectivity index (χ1v) is 13.5. The summed E-state index contributed by atoms with van der Waals surface area (Å²) < 4.78 is 48.2. The highest BCUT2D eigenvalue weighted by molar-refractivity contribution is 7.93. The fraction of sp³-hybridized carbons (Fsp3) is 0.200. The van der Waals surface area contributed by atoms with Crippen molar-refractivity contribution in [3.63, 3.8) is 0 Å². The number of nitrogens with zero attached hydrogens (tertiary/aromatic N) is 1. The molecular weight excluding hydrogens is 539 g/mol. The molecule has 0 saturated carbocycles. The number of halogens is 2. The van der Waals surface area contributed by atoms with Gasteiger partial charge in [-0.1, -0.05) is 11.6 Å². The van der Waals surface area contributed by atoms with Crippen LogP contribution in [0, 0.1) is 5.82 Å². The molecule has 0 unspecified atom stereocenters. The molecular formula is C25H26ClFN4O4S2. The number of ether oxygens (including phenoxy) is 1. The van der Waals surface area contributed by atoms with Gasteiger partial charge in [-0.15, -0.1) is 0 Å². The molecule has 3 N–H and O–H groups in total. The lowest BCUT2D eigenvalue weighted by atomic mass is 10.2. The van der Waals surface area contributed by atoms with E-state index in [1.165, 1.54) is 19.2 Å². The van der Waals surface area contributed by atoms with Crippen molar-refractivity contribution < 1.29 is 22.3 Å². The van der Waals surface area contributed by atoms with E-state index in [0.29, 0.717) is 35.9 Å². The van der Waals surface area contributed by atoms with Gasteiger partial charge in [-0.3, -0.25) is 14.8 Å². The first-order chi connectivity index (χ1) is 17.6. The molecule has 0 aliphatic carbocycles. The van der Waals surface area contributed by atoms with Crippen LogP contribution in [0.5, 0.6) is 5.75 Å². The largest absolute Gasteiger partial charge is 0.497 e. The Hall–Kier alpha value is -3.41. The molecule has 0 aromatic heterocycles. The van der Waals surface area contributed by atoms with Gasteiger partial charge in [-0.2, -0.15) is 0 Å². The summed E-state index contributed by atoms with van der Waals surface area (Å²) in [5.74, 6) is -0.746. The summed E-state index contributed by atoms with van der Waals surface area (Å²) >= 11 is 11.0. The van der Waals surface area contributed by atoms with Crippen LogP contribution in [0.2, 0.25) is 5.02 Å². The molecule has 196 valence electrons. The average molecular weight is 565 g/mol. The van der Waals surface area contributed by atoms with E-state index in [1.807, 2.05) is 18.7 Å². The van der Waals surface area contributed by atoms with Gasteiger partial charge < -0.3 is 15.0 Å². The smallest absolute Gasteiger partial charge is 0.264 e. The second-order valence-electron chi connectivity index (χ2n) is 7.76. The zero-order chi connectivity index (χ0) is 27.2. The van der Waals surface area contributed by atoms with Crippen LogP contribution < -0.4 is 25.0 Å². The molecule has 1 amide bonds. The Morgan fingerprint density at radius 2 is 1.68 bits per heavy atom. The van der Waals surface area contributed by atoms with Crippen molar-refractivity contribution in [2.24, 2.45) is 0 Å². The summed E-state index contributed by atoms with van der Waals surface area (Å²) in [6, 6.07) is 14.6. The van der Waals surface area contributed by atoms with Crippen molar-refractivity contribution in [2.45, 2.75) is 18.7 Å². The topological polar surface area (TPSA) is 99.8 Å². The molecule has 37 heavy (non-hydrogen) atoms. The molecule has 0 saturated heterocycles. The first-order valence-electron chi connectivity index (χ1n) is 11.2. The zero-order valence-electron chi connectivity index (χ0n) is 20.3. The maximum atomic E-state index is 13.6. The minimum absolute atomic E-state index is 0.0158. The Kier molecular flexibility index (Phi) is 9.30. The molecule has 0 fully saturated rings. The summed E-state index contributed by atoms with van der Waals surface area (Å²) in [5, 5.41) is 5.21. The Balaban J connectivity index is 1.87. The molecule has 0 bridgehead atoms. The quantitative estimate of drug-likeness (QED) is 0.305. The lowest BCUT2D eigenvalue weighted by molar-refractivity contribution is 0.0977. The SMILES string of the molecule is CCN(CC)c1ccc(NC(=S)NC(=O)c2cc(F)cc(Cl)c2)cc1S(=O)(=O)Nc1ccc(OC)cc1. The third kappa shape index (κ3) is 7.31. The van der Waals surface area contributed by atoms with Crippen molar-refractivity contribution in [1.29, 1.82) is 0 Å². The number of hydrogen-bond donors (Lipinski definition) is 3. The lowest BCUT2D eigenvalue weighted by Gasteiger charge is -2.25. The molecule has 3 aromatic carbocycles.